The summed E-state index contributed by atoms with van der Waals surface area (Å²) < 4.78 is 5.17. The number of amides is 1. The third-order valence-corrected chi connectivity index (χ3v) is 5.52. The van der Waals surface area contributed by atoms with Gasteiger partial charge in [-0.15, -0.1) is 0 Å². The third kappa shape index (κ3) is 2.77. The van der Waals surface area contributed by atoms with E-state index in [2.05, 4.69) is 17.0 Å². The molecule has 22 heavy (non-hydrogen) atoms. The maximum absolute atomic E-state index is 12.7. The number of likely N-dealkylation sites (N-methyl/N-ethyl adjacent to an activating group) is 1. The molecule has 2 aliphatic rings. The summed E-state index contributed by atoms with van der Waals surface area (Å²) in [6, 6.07) is 10.2. The molecule has 120 valence electrons. The van der Waals surface area contributed by atoms with Crippen molar-refractivity contribution in [3.63, 3.8) is 0 Å². The molecule has 1 amide bonds. The fourth-order valence-electron chi connectivity index (χ4n) is 3.97. The van der Waals surface area contributed by atoms with E-state index in [-0.39, 0.29) is 17.4 Å². The van der Waals surface area contributed by atoms with Gasteiger partial charge in [-0.25, -0.2) is 0 Å². The molecular weight excluding hydrogens is 276 g/mol. The van der Waals surface area contributed by atoms with Gasteiger partial charge in [-0.1, -0.05) is 30.3 Å². The van der Waals surface area contributed by atoms with Crippen molar-refractivity contribution in [3.05, 3.63) is 35.9 Å². The average molecular weight is 302 g/mol. The van der Waals surface area contributed by atoms with Crippen LogP contribution in [0.2, 0.25) is 0 Å². The summed E-state index contributed by atoms with van der Waals surface area (Å²) in [7, 11) is 3.75. The molecule has 2 aliphatic heterocycles. The maximum atomic E-state index is 12.7. The van der Waals surface area contributed by atoms with Crippen LogP contribution in [0.1, 0.15) is 30.7 Å². The van der Waals surface area contributed by atoms with Crippen molar-refractivity contribution >= 4 is 5.91 Å². The van der Waals surface area contributed by atoms with E-state index in [1.54, 1.807) is 7.11 Å². The molecule has 1 spiro atoms. The number of ether oxygens (including phenoxy) is 1. The van der Waals surface area contributed by atoms with E-state index in [1.807, 2.05) is 30.1 Å². The molecule has 2 saturated heterocycles. The Balaban J connectivity index is 1.70. The molecule has 2 heterocycles. The van der Waals surface area contributed by atoms with Crippen LogP contribution >= 0.6 is 0 Å². The van der Waals surface area contributed by atoms with Crippen LogP contribution in [0.3, 0.4) is 0 Å². The van der Waals surface area contributed by atoms with Gasteiger partial charge >= 0.3 is 0 Å². The Morgan fingerprint density at radius 1 is 1.23 bits per heavy atom. The van der Waals surface area contributed by atoms with Gasteiger partial charge < -0.3 is 14.5 Å². The Kier molecular flexibility index (Phi) is 4.50. The second-order valence-corrected chi connectivity index (χ2v) is 6.62. The Labute approximate surface area is 133 Å². The number of likely N-dealkylation sites (tertiary alicyclic amines) is 2. The van der Waals surface area contributed by atoms with Crippen LogP contribution < -0.4 is 0 Å². The second-order valence-electron chi connectivity index (χ2n) is 6.62. The summed E-state index contributed by atoms with van der Waals surface area (Å²) in [5.41, 5.74) is 1.22. The highest BCUT2D eigenvalue weighted by Gasteiger charge is 2.50. The van der Waals surface area contributed by atoms with Crippen LogP contribution in [-0.4, -0.2) is 61.6 Å². The molecule has 0 N–H and O–H groups in total. The number of carbonyl (C=O) groups is 1. The molecule has 1 aromatic rings. The van der Waals surface area contributed by atoms with Crippen molar-refractivity contribution in [2.75, 3.05) is 40.4 Å². The van der Waals surface area contributed by atoms with Gasteiger partial charge in [-0.2, -0.15) is 0 Å². The Morgan fingerprint density at radius 3 is 2.55 bits per heavy atom. The van der Waals surface area contributed by atoms with Gasteiger partial charge in [0.1, 0.15) is 0 Å². The van der Waals surface area contributed by atoms with E-state index in [9.17, 15) is 4.79 Å². The fourth-order valence-corrected chi connectivity index (χ4v) is 3.97. The topological polar surface area (TPSA) is 32.8 Å². The monoisotopic (exact) mass is 302 g/mol. The second kappa shape index (κ2) is 6.39. The highest BCUT2D eigenvalue weighted by Crippen LogP contribution is 2.44. The normalized spacial score (nSPS) is 25.1. The number of benzene rings is 1. The summed E-state index contributed by atoms with van der Waals surface area (Å²) in [5.74, 6) is 0.327. The van der Waals surface area contributed by atoms with Crippen LogP contribution in [0.25, 0.3) is 0 Å². The van der Waals surface area contributed by atoms with Crippen molar-refractivity contribution in [2.45, 2.75) is 30.7 Å². The van der Waals surface area contributed by atoms with Crippen LogP contribution in [0, 0.1) is 0 Å². The number of hydrogen-bond acceptors (Lipinski definition) is 3. The first kappa shape index (κ1) is 15.5. The first-order valence-electron chi connectivity index (χ1n) is 8.20. The zero-order chi connectivity index (χ0) is 15.6. The minimum Gasteiger partial charge on any atom is -0.383 e. The van der Waals surface area contributed by atoms with Crippen molar-refractivity contribution in [1.29, 1.82) is 0 Å². The molecule has 4 nitrogen and oxygen atoms in total. The fraction of sp³-hybridized carbons (Fsp3) is 0.611. The minimum atomic E-state index is 0.0386. The molecular formula is C18H26N2O2. The lowest BCUT2D eigenvalue weighted by Crippen LogP contribution is -2.52. The molecule has 3 rings (SSSR count). The van der Waals surface area contributed by atoms with Crippen molar-refractivity contribution in [3.8, 4) is 0 Å². The largest absolute Gasteiger partial charge is 0.383 e. The smallest absolute Gasteiger partial charge is 0.230 e. The summed E-state index contributed by atoms with van der Waals surface area (Å²) in [6.07, 6.45) is 3.11. The molecule has 0 bridgehead atoms. The van der Waals surface area contributed by atoms with E-state index in [4.69, 9.17) is 4.74 Å². The Hall–Kier alpha value is -1.39. The van der Waals surface area contributed by atoms with E-state index in [0.717, 1.165) is 51.1 Å². The van der Waals surface area contributed by atoms with Crippen LogP contribution in [-0.2, 0) is 9.53 Å². The lowest BCUT2D eigenvalue weighted by Gasteiger charge is -2.43. The van der Waals surface area contributed by atoms with Crippen molar-refractivity contribution in [1.82, 2.24) is 9.80 Å². The predicted molar refractivity (Wildman–Crippen MR) is 86.9 cm³/mol. The molecule has 0 aromatic heterocycles. The average Bonchev–Trinajstić information content (AvgIpc) is 2.81. The first-order valence-corrected chi connectivity index (χ1v) is 8.20. The van der Waals surface area contributed by atoms with Crippen molar-refractivity contribution in [2.24, 2.45) is 0 Å². The van der Waals surface area contributed by atoms with E-state index in [1.165, 1.54) is 0 Å². The molecule has 0 radical (unpaired) electrons. The zero-order valence-corrected chi connectivity index (χ0v) is 13.6. The summed E-state index contributed by atoms with van der Waals surface area (Å²) in [4.78, 5) is 17.2. The number of hydrogen-bond donors (Lipinski definition) is 0. The van der Waals surface area contributed by atoms with Gasteiger partial charge in [-0.3, -0.25) is 4.79 Å². The summed E-state index contributed by atoms with van der Waals surface area (Å²) in [5, 5.41) is 0. The molecule has 1 aromatic carbocycles. The molecule has 0 unspecified atom stereocenters. The minimum absolute atomic E-state index is 0.0386. The van der Waals surface area contributed by atoms with Gasteiger partial charge in [0.15, 0.2) is 0 Å². The Bertz CT molecular complexity index is 509. The molecule has 4 heteroatoms. The van der Waals surface area contributed by atoms with E-state index in [0.29, 0.717) is 0 Å². The number of carbonyl (C=O) groups excluding carboxylic acids is 1. The summed E-state index contributed by atoms with van der Waals surface area (Å²) in [6.45, 7) is 3.89. The zero-order valence-electron chi connectivity index (χ0n) is 13.6. The number of rotatable bonds is 4. The lowest BCUT2D eigenvalue weighted by molar-refractivity contribution is -0.131. The van der Waals surface area contributed by atoms with E-state index < -0.39 is 0 Å². The third-order valence-electron chi connectivity index (χ3n) is 5.52. The molecule has 1 atom stereocenters. The highest BCUT2D eigenvalue weighted by atomic mass is 16.5. The first-order chi connectivity index (χ1) is 10.7. The number of methoxy groups -OCH3 is 1. The van der Waals surface area contributed by atoms with Crippen LogP contribution in [0.5, 0.6) is 0 Å². The lowest BCUT2D eigenvalue weighted by atomic mass is 9.81. The molecule has 0 saturated carbocycles. The molecule has 0 aliphatic carbocycles. The van der Waals surface area contributed by atoms with Gasteiger partial charge in [0, 0.05) is 39.3 Å². The van der Waals surface area contributed by atoms with Gasteiger partial charge in [0.05, 0.1) is 12.5 Å². The van der Waals surface area contributed by atoms with Gasteiger partial charge in [0.2, 0.25) is 5.91 Å². The van der Waals surface area contributed by atoms with Crippen molar-refractivity contribution < 1.29 is 9.53 Å². The highest BCUT2D eigenvalue weighted by molar-refractivity contribution is 5.87. The van der Waals surface area contributed by atoms with Crippen LogP contribution in [0.15, 0.2) is 30.3 Å². The summed E-state index contributed by atoms with van der Waals surface area (Å²) >= 11 is 0. The standard InChI is InChI=1S/C18H26N2O2/c1-19-17(21)16(15-6-4-3-5-7-15)14-18(19)8-10-20(11-9-18)12-13-22-2/h3-7,16H,8-14H2,1-2H3/t16-/m0/s1. The quantitative estimate of drug-likeness (QED) is 0.854. The SMILES string of the molecule is COCCN1CCC2(CC1)C[C@@H](c1ccccc1)C(=O)N2C. The number of nitrogens with zero attached hydrogens (tertiary/aromatic N) is 2. The van der Waals surface area contributed by atoms with E-state index >= 15 is 0 Å². The predicted octanol–water partition coefficient (Wildman–Crippen LogP) is 2.11. The number of piperidine rings is 1. The van der Waals surface area contributed by atoms with Gasteiger partial charge in [-0.05, 0) is 24.8 Å². The maximum Gasteiger partial charge on any atom is 0.230 e. The Morgan fingerprint density at radius 2 is 1.91 bits per heavy atom. The molecule has 2 fully saturated rings. The van der Waals surface area contributed by atoms with Gasteiger partial charge in [0.25, 0.3) is 0 Å². The van der Waals surface area contributed by atoms with Crippen LogP contribution in [0.4, 0.5) is 0 Å².